The van der Waals surface area contributed by atoms with Gasteiger partial charge in [0.2, 0.25) is 0 Å². The van der Waals surface area contributed by atoms with Crippen LogP contribution in [-0.4, -0.2) is 17.8 Å². The van der Waals surface area contributed by atoms with Crippen LogP contribution >= 0.6 is 0 Å². The Bertz CT molecular complexity index is 637. The second-order valence-corrected chi connectivity index (χ2v) is 7.42. The minimum absolute atomic E-state index is 0.143. The van der Waals surface area contributed by atoms with Gasteiger partial charge in [0, 0.05) is 5.92 Å². The lowest BCUT2D eigenvalue weighted by Gasteiger charge is -2.17. The van der Waals surface area contributed by atoms with Gasteiger partial charge in [-0.05, 0) is 56.2 Å². The fourth-order valence-corrected chi connectivity index (χ4v) is 3.62. The highest BCUT2D eigenvalue weighted by Gasteiger charge is 2.32. The van der Waals surface area contributed by atoms with E-state index in [1.807, 2.05) is 6.08 Å². The van der Waals surface area contributed by atoms with Crippen molar-refractivity contribution in [2.24, 2.45) is 11.8 Å². The molecule has 0 saturated heterocycles. The van der Waals surface area contributed by atoms with Crippen LogP contribution in [-0.2, 0) is 6.18 Å². The number of allylic oxidation sites excluding steroid dienone is 2. The van der Waals surface area contributed by atoms with Gasteiger partial charge in [-0.2, -0.15) is 13.2 Å². The van der Waals surface area contributed by atoms with Crippen LogP contribution in [0.4, 0.5) is 13.2 Å². The van der Waals surface area contributed by atoms with E-state index in [4.69, 9.17) is 4.74 Å². The van der Waals surface area contributed by atoms with Crippen molar-refractivity contribution >= 4 is 0 Å². The van der Waals surface area contributed by atoms with Crippen LogP contribution in [0.1, 0.15) is 57.4 Å². The van der Waals surface area contributed by atoms with E-state index < -0.39 is 11.7 Å². The average Bonchev–Trinajstić information content (AvgIpc) is 3.01. The molecular formula is C23H31F3O2. The van der Waals surface area contributed by atoms with Crippen molar-refractivity contribution in [3.63, 3.8) is 0 Å². The van der Waals surface area contributed by atoms with Gasteiger partial charge in [-0.3, -0.25) is 0 Å². The molecule has 0 bridgehead atoms. The molecule has 0 radical (unpaired) electrons. The van der Waals surface area contributed by atoms with Gasteiger partial charge in [0.1, 0.15) is 5.75 Å². The number of aliphatic hydroxyl groups is 1. The lowest BCUT2D eigenvalue weighted by atomic mass is 9.91. The molecule has 1 aromatic carbocycles. The smallest absolute Gasteiger partial charge is 0.416 e. The third-order valence-electron chi connectivity index (χ3n) is 5.22. The predicted molar refractivity (Wildman–Crippen MR) is 106 cm³/mol. The minimum atomic E-state index is -4.36. The maximum absolute atomic E-state index is 12.7. The highest BCUT2D eigenvalue weighted by atomic mass is 19.4. The largest absolute Gasteiger partial charge is 0.493 e. The molecule has 0 amide bonds. The van der Waals surface area contributed by atoms with Gasteiger partial charge in [-0.1, -0.05) is 50.1 Å². The summed E-state index contributed by atoms with van der Waals surface area (Å²) >= 11 is 0. The lowest BCUT2D eigenvalue weighted by molar-refractivity contribution is -0.137. The molecule has 1 aliphatic rings. The maximum atomic E-state index is 12.7. The normalized spacial score (nSPS) is 23.1. The predicted octanol–water partition coefficient (Wildman–Crippen LogP) is 6.55. The molecule has 1 aromatic rings. The van der Waals surface area contributed by atoms with Gasteiger partial charge in [0.05, 0.1) is 18.3 Å². The summed E-state index contributed by atoms with van der Waals surface area (Å²) in [5.41, 5.74) is -0.704. The topological polar surface area (TPSA) is 29.5 Å². The van der Waals surface area contributed by atoms with E-state index in [1.165, 1.54) is 25.0 Å². The van der Waals surface area contributed by atoms with Gasteiger partial charge >= 0.3 is 6.18 Å². The summed E-state index contributed by atoms with van der Waals surface area (Å²) in [7, 11) is 0. The van der Waals surface area contributed by atoms with Crippen molar-refractivity contribution < 1.29 is 23.0 Å². The number of aliphatic hydroxyl groups excluding tert-OH is 1. The molecule has 1 fully saturated rings. The highest BCUT2D eigenvalue weighted by molar-refractivity contribution is 5.30. The quantitative estimate of drug-likeness (QED) is 0.359. The molecule has 1 unspecified atom stereocenters. The van der Waals surface area contributed by atoms with Crippen LogP contribution in [0.3, 0.4) is 0 Å². The van der Waals surface area contributed by atoms with Crippen molar-refractivity contribution in [2.45, 2.75) is 64.1 Å². The molecule has 2 rings (SSSR count). The Morgan fingerprint density at radius 3 is 2.71 bits per heavy atom. The number of hydrogen-bond donors (Lipinski definition) is 1. The Morgan fingerprint density at radius 2 is 1.96 bits per heavy atom. The fourth-order valence-electron chi connectivity index (χ4n) is 3.62. The monoisotopic (exact) mass is 396 g/mol. The molecular weight excluding hydrogens is 365 g/mol. The van der Waals surface area contributed by atoms with E-state index in [0.717, 1.165) is 37.8 Å². The van der Waals surface area contributed by atoms with Crippen molar-refractivity contribution in [3.05, 3.63) is 54.1 Å². The SMILES string of the molecule is CCCC/C=C\C[C@H]1CC[C@@H](O)C1/C=C/CCOc1cccc(C(F)(F)F)c1. The average molecular weight is 396 g/mol. The third-order valence-corrected chi connectivity index (χ3v) is 5.22. The van der Waals surface area contributed by atoms with Crippen molar-refractivity contribution in [2.75, 3.05) is 6.61 Å². The number of ether oxygens (including phenoxy) is 1. The van der Waals surface area contributed by atoms with Crippen molar-refractivity contribution in [1.29, 1.82) is 0 Å². The highest BCUT2D eigenvalue weighted by Crippen LogP contribution is 2.36. The van der Waals surface area contributed by atoms with E-state index >= 15 is 0 Å². The summed E-state index contributed by atoms with van der Waals surface area (Å²) in [5, 5.41) is 10.2. The van der Waals surface area contributed by atoms with Gasteiger partial charge in [0.25, 0.3) is 0 Å². The number of benzene rings is 1. The standard InChI is InChI=1S/C23H31F3O2/c1-2-3-4-5-6-10-18-14-15-22(27)21(18)13-7-8-16-28-20-12-9-11-19(17-20)23(24,25)26/h5-7,9,11-13,17-18,21-22,27H,2-4,8,10,14-16H2,1H3/b6-5-,13-7+/t18-,21?,22+/m0/s1. The molecule has 1 saturated carbocycles. The molecule has 0 aliphatic heterocycles. The molecule has 0 heterocycles. The van der Waals surface area contributed by atoms with E-state index in [0.29, 0.717) is 18.9 Å². The Balaban J connectivity index is 1.77. The number of unbranched alkanes of at least 4 members (excludes halogenated alkanes) is 2. The molecule has 2 nitrogen and oxygen atoms in total. The van der Waals surface area contributed by atoms with Gasteiger partial charge in [-0.15, -0.1) is 0 Å². The van der Waals surface area contributed by atoms with Crippen LogP contribution in [0.2, 0.25) is 0 Å². The van der Waals surface area contributed by atoms with E-state index in [9.17, 15) is 18.3 Å². The van der Waals surface area contributed by atoms with Crippen molar-refractivity contribution in [3.8, 4) is 5.75 Å². The maximum Gasteiger partial charge on any atom is 0.416 e. The summed E-state index contributed by atoms with van der Waals surface area (Å²) in [6, 6.07) is 4.93. The molecule has 3 atom stereocenters. The number of rotatable bonds is 10. The van der Waals surface area contributed by atoms with E-state index in [1.54, 1.807) is 0 Å². The minimum Gasteiger partial charge on any atom is -0.493 e. The summed E-state index contributed by atoms with van der Waals surface area (Å²) in [6.07, 6.45) is 10.8. The van der Waals surface area contributed by atoms with Crippen LogP contribution < -0.4 is 4.74 Å². The number of alkyl halides is 3. The van der Waals surface area contributed by atoms with Gasteiger partial charge in [-0.25, -0.2) is 0 Å². The molecule has 0 aromatic heterocycles. The molecule has 28 heavy (non-hydrogen) atoms. The first kappa shape index (κ1) is 22.5. The van der Waals surface area contributed by atoms with Crippen molar-refractivity contribution in [1.82, 2.24) is 0 Å². The Labute approximate surface area is 166 Å². The zero-order valence-corrected chi connectivity index (χ0v) is 16.5. The molecule has 156 valence electrons. The number of hydrogen-bond acceptors (Lipinski definition) is 2. The summed E-state index contributed by atoms with van der Waals surface area (Å²) in [6.45, 7) is 2.49. The van der Waals surface area contributed by atoms with Crippen LogP contribution in [0, 0.1) is 11.8 Å². The lowest BCUT2D eigenvalue weighted by Crippen LogP contribution is -2.16. The first-order chi connectivity index (χ1) is 13.4. The fraction of sp³-hybridized carbons (Fsp3) is 0.565. The first-order valence-electron chi connectivity index (χ1n) is 10.2. The van der Waals surface area contributed by atoms with Crippen LogP contribution in [0.5, 0.6) is 5.75 Å². The molecule has 5 heteroatoms. The summed E-state index contributed by atoms with van der Waals surface area (Å²) in [5.74, 6) is 0.817. The Hall–Kier alpha value is -1.75. The van der Waals surface area contributed by atoms with Gasteiger partial charge < -0.3 is 9.84 Å². The zero-order valence-electron chi connectivity index (χ0n) is 16.5. The van der Waals surface area contributed by atoms with Gasteiger partial charge in [0.15, 0.2) is 0 Å². The third kappa shape index (κ3) is 7.34. The van der Waals surface area contributed by atoms with E-state index in [2.05, 4.69) is 25.2 Å². The first-order valence-corrected chi connectivity index (χ1v) is 10.2. The van der Waals surface area contributed by atoms with Crippen LogP contribution in [0.25, 0.3) is 0 Å². The Morgan fingerprint density at radius 1 is 1.14 bits per heavy atom. The summed E-state index contributed by atoms with van der Waals surface area (Å²) < 4.78 is 43.6. The second-order valence-electron chi connectivity index (χ2n) is 7.42. The molecule has 1 N–H and O–H groups in total. The summed E-state index contributed by atoms with van der Waals surface area (Å²) in [4.78, 5) is 0. The Kier molecular flexibility index (Phi) is 9.10. The zero-order chi connectivity index (χ0) is 20.4. The van der Waals surface area contributed by atoms with Crippen LogP contribution in [0.15, 0.2) is 48.6 Å². The number of halogens is 3. The molecule has 1 aliphatic carbocycles. The molecule has 0 spiro atoms. The second kappa shape index (κ2) is 11.3. The van der Waals surface area contributed by atoms with E-state index in [-0.39, 0.29) is 17.8 Å².